The Morgan fingerprint density at radius 1 is 1.18 bits per heavy atom. The third kappa shape index (κ3) is 5.95. The van der Waals surface area contributed by atoms with Crippen LogP contribution in [0.2, 0.25) is 5.02 Å². The van der Waals surface area contributed by atoms with Crippen molar-refractivity contribution in [1.29, 1.82) is 5.26 Å². The molecule has 1 aromatic carbocycles. The number of anilines is 1. The first kappa shape index (κ1) is 23.3. The number of pyridine rings is 1. The summed E-state index contributed by atoms with van der Waals surface area (Å²) >= 11 is 6.08. The molecule has 2 aliphatic rings. The summed E-state index contributed by atoms with van der Waals surface area (Å²) in [6.07, 6.45) is 7.11. The van der Waals surface area contributed by atoms with Gasteiger partial charge in [0.05, 0.1) is 28.6 Å². The van der Waals surface area contributed by atoms with Gasteiger partial charge in [-0.25, -0.2) is 4.98 Å². The Labute approximate surface area is 199 Å². The molecule has 0 unspecified atom stereocenters. The van der Waals surface area contributed by atoms with Crippen molar-refractivity contribution in [2.24, 2.45) is 5.92 Å². The molecule has 1 saturated heterocycles. The van der Waals surface area contributed by atoms with E-state index in [0.29, 0.717) is 27.9 Å². The van der Waals surface area contributed by atoms with Crippen LogP contribution in [-0.2, 0) is 0 Å². The summed E-state index contributed by atoms with van der Waals surface area (Å²) in [4.78, 5) is 19.3. The first-order valence-electron chi connectivity index (χ1n) is 11.5. The Morgan fingerprint density at radius 2 is 1.94 bits per heavy atom. The summed E-state index contributed by atoms with van der Waals surface area (Å²) in [6, 6.07) is 11.0. The summed E-state index contributed by atoms with van der Waals surface area (Å²) < 4.78 is 6.02. The van der Waals surface area contributed by atoms with Gasteiger partial charge in [0.25, 0.3) is 5.91 Å². The van der Waals surface area contributed by atoms with Crippen LogP contribution >= 0.6 is 11.6 Å². The fraction of sp³-hybridized carbons (Fsp3) is 0.480. The first-order chi connectivity index (χ1) is 16.1. The number of benzene rings is 1. The zero-order valence-electron chi connectivity index (χ0n) is 18.5. The lowest BCUT2D eigenvalue weighted by Crippen LogP contribution is -2.40. The van der Waals surface area contributed by atoms with Crippen molar-refractivity contribution in [2.45, 2.75) is 50.7 Å². The van der Waals surface area contributed by atoms with E-state index in [4.69, 9.17) is 21.6 Å². The smallest absolute Gasteiger partial charge is 0.270 e. The van der Waals surface area contributed by atoms with Crippen molar-refractivity contribution in [2.75, 3.05) is 24.6 Å². The largest absolute Gasteiger partial charge is 0.490 e. The summed E-state index contributed by atoms with van der Waals surface area (Å²) in [5, 5.41) is 21.8. The molecule has 33 heavy (non-hydrogen) atoms. The Bertz CT molecular complexity index is 992. The zero-order valence-corrected chi connectivity index (χ0v) is 19.3. The summed E-state index contributed by atoms with van der Waals surface area (Å²) in [7, 11) is 0. The van der Waals surface area contributed by atoms with Crippen LogP contribution in [0.15, 0.2) is 36.5 Å². The molecule has 1 aliphatic carbocycles. The van der Waals surface area contributed by atoms with Gasteiger partial charge in [-0.05, 0) is 68.7 Å². The number of rotatable bonds is 6. The van der Waals surface area contributed by atoms with E-state index < -0.39 is 0 Å². The molecule has 2 heterocycles. The number of aliphatic hydroxyl groups is 1. The fourth-order valence-electron chi connectivity index (χ4n) is 4.52. The Kier molecular flexibility index (Phi) is 7.69. The van der Waals surface area contributed by atoms with Gasteiger partial charge in [0.2, 0.25) is 0 Å². The highest BCUT2D eigenvalue weighted by molar-refractivity contribution is 6.31. The average molecular weight is 469 g/mol. The molecule has 2 aromatic rings. The molecule has 0 atom stereocenters. The number of nitriles is 1. The van der Waals surface area contributed by atoms with Crippen molar-refractivity contribution in [3.63, 3.8) is 0 Å². The van der Waals surface area contributed by atoms with Gasteiger partial charge in [-0.1, -0.05) is 11.6 Å². The quantitative estimate of drug-likeness (QED) is 0.666. The van der Waals surface area contributed by atoms with E-state index in [1.165, 1.54) is 0 Å². The second-order valence-electron chi connectivity index (χ2n) is 8.83. The highest BCUT2D eigenvalue weighted by atomic mass is 35.5. The van der Waals surface area contributed by atoms with Gasteiger partial charge in [-0.15, -0.1) is 0 Å². The second-order valence-corrected chi connectivity index (χ2v) is 9.24. The lowest BCUT2D eigenvalue weighted by Gasteiger charge is -2.32. The van der Waals surface area contributed by atoms with E-state index >= 15 is 0 Å². The van der Waals surface area contributed by atoms with E-state index in [0.717, 1.165) is 57.3 Å². The number of amides is 1. The van der Waals surface area contributed by atoms with Gasteiger partial charge in [-0.2, -0.15) is 5.26 Å². The number of aliphatic hydroxyl groups excluding tert-OH is 1. The molecule has 7 nitrogen and oxygen atoms in total. The van der Waals surface area contributed by atoms with Crippen LogP contribution in [0.5, 0.6) is 5.75 Å². The maximum Gasteiger partial charge on any atom is 0.270 e. The number of carbonyl (C=O) groups is 1. The van der Waals surface area contributed by atoms with E-state index in [1.807, 2.05) is 12.1 Å². The molecule has 1 amide bonds. The maximum absolute atomic E-state index is 12.7. The molecular formula is C25H29ClN4O3. The number of hydrogen-bond donors (Lipinski definition) is 2. The van der Waals surface area contributed by atoms with Crippen LogP contribution in [0, 0.1) is 17.2 Å². The fourth-order valence-corrected chi connectivity index (χ4v) is 4.73. The molecule has 2 fully saturated rings. The number of hydrogen-bond acceptors (Lipinski definition) is 6. The number of nitrogens with zero attached hydrogens (tertiary/aromatic N) is 3. The molecule has 2 N–H and O–H groups in total. The van der Waals surface area contributed by atoms with Crippen LogP contribution < -0.4 is 15.0 Å². The number of piperidine rings is 1. The summed E-state index contributed by atoms with van der Waals surface area (Å²) in [6.45, 7) is 2.06. The Morgan fingerprint density at radius 3 is 2.55 bits per heavy atom. The highest BCUT2D eigenvalue weighted by Crippen LogP contribution is 2.27. The predicted octanol–water partition coefficient (Wildman–Crippen LogP) is 3.94. The van der Waals surface area contributed by atoms with Crippen molar-refractivity contribution in [3.05, 3.63) is 52.8 Å². The number of nitrogens with one attached hydrogen (secondary N) is 1. The van der Waals surface area contributed by atoms with Crippen LogP contribution in [0.1, 0.15) is 54.6 Å². The van der Waals surface area contributed by atoms with Crippen LogP contribution in [0.25, 0.3) is 0 Å². The first-order valence-corrected chi connectivity index (χ1v) is 11.9. The Hall–Kier alpha value is -2.82. The maximum atomic E-state index is 12.7. The van der Waals surface area contributed by atoms with Gasteiger partial charge in [0, 0.05) is 31.8 Å². The normalized spacial score (nSPS) is 21.3. The van der Waals surface area contributed by atoms with Gasteiger partial charge in [0.15, 0.2) is 0 Å². The van der Waals surface area contributed by atoms with Crippen molar-refractivity contribution in [1.82, 2.24) is 10.3 Å². The minimum atomic E-state index is -0.149. The molecular weight excluding hydrogens is 440 g/mol. The van der Waals surface area contributed by atoms with Crippen LogP contribution in [-0.4, -0.2) is 47.8 Å². The number of carbonyl (C=O) groups excluding carboxylic acids is 1. The molecule has 1 saturated carbocycles. The second kappa shape index (κ2) is 10.9. The third-order valence-electron chi connectivity index (χ3n) is 6.59. The lowest BCUT2D eigenvalue weighted by molar-refractivity contribution is 0.0889. The van der Waals surface area contributed by atoms with Gasteiger partial charge < -0.3 is 20.1 Å². The predicted molar refractivity (Wildman–Crippen MR) is 127 cm³/mol. The molecule has 174 valence electrons. The van der Waals surface area contributed by atoms with Crippen molar-refractivity contribution >= 4 is 23.2 Å². The lowest BCUT2D eigenvalue weighted by atomic mass is 9.92. The summed E-state index contributed by atoms with van der Waals surface area (Å²) in [5.41, 5.74) is 1.88. The van der Waals surface area contributed by atoms with Crippen molar-refractivity contribution in [3.8, 4) is 11.8 Å². The van der Waals surface area contributed by atoms with Crippen LogP contribution in [0.3, 0.4) is 0 Å². The average Bonchev–Trinajstić information content (AvgIpc) is 2.85. The van der Waals surface area contributed by atoms with E-state index in [2.05, 4.69) is 15.2 Å². The molecule has 1 aliphatic heterocycles. The molecule has 4 rings (SSSR count). The number of halogens is 1. The van der Waals surface area contributed by atoms with Gasteiger partial charge >= 0.3 is 0 Å². The summed E-state index contributed by atoms with van der Waals surface area (Å²) in [5.74, 6) is 0.904. The molecule has 1 aromatic heterocycles. The number of ether oxygens (including phenoxy) is 1. The SMILES string of the molecule is N#Cc1ccc(OC2CCC(NC(=O)c3ccc(N4CCC(CO)CC4)cn3)CC2)cc1Cl. The van der Waals surface area contributed by atoms with E-state index in [9.17, 15) is 9.90 Å². The van der Waals surface area contributed by atoms with Gasteiger partial charge in [-0.3, -0.25) is 4.79 Å². The topological polar surface area (TPSA) is 98.5 Å². The monoisotopic (exact) mass is 468 g/mol. The van der Waals surface area contributed by atoms with E-state index in [-0.39, 0.29) is 24.7 Å². The highest BCUT2D eigenvalue weighted by Gasteiger charge is 2.25. The minimum absolute atomic E-state index is 0.0644. The standard InChI is InChI=1S/C25H29ClN4O3/c26-23-13-22(5-1-18(23)14-27)33-21-6-2-19(3-7-21)29-25(32)24-8-4-20(15-28-24)30-11-9-17(16-31)10-12-30/h1,4-5,8,13,15,17,19,21,31H,2-3,6-7,9-12,16H2,(H,29,32). The van der Waals surface area contributed by atoms with Crippen molar-refractivity contribution < 1.29 is 14.6 Å². The van der Waals surface area contributed by atoms with Crippen LogP contribution in [0.4, 0.5) is 5.69 Å². The van der Waals surface area contributed by atoms with E-state index in [1.54, 1.807) is 30.5 Å². The molecule has 0 spiro atoms. The van der Waals surface area contributed by atoms with Gasteiger partial charge in [0.1, 0.15) is 17.5 Å². The molecule has 8 heteroatoms. The molecule has 0 radical (unpaired) electrons. The molecule has 0 bridgehead atoms. The number of aromatic nitrogens is 1. The zero-order chi connectivity index (χ0) is 23.2. The minimum Gasteiger partial charge on any atom is -0.490 e. The third-order valence-corrected chi connectivity index (χ3v) is 6.90. The Balaban J connectivity index is 1.24.